The second kappa shape index (κ2) is 8.59. The van der Waals surface area contributed by atoms with Gasteiger partial charge in [-0.3, -0.25) is 4.79 Å². The Morgan fingerprint density at radius 2 is 2.11 bits per heavy atom. The molecule has 0 aliphatic carbocycles. The number of hydrogen-bond donors (Lipinski definition) is 2. The number of rotatable bonds is 5. The molecule has 0 spiro atoms. The molecular weight excluding hydrogens is 295 g/mol. The molecule has 1 unspecified atom stereocenters. The zero-order chi connectivity index (χ0) is 12.8. The standard InChI is InChI=1S/C12H16Cl2N2O.ClH/c1-8(15)4-5-16-12(17)6-9-2-3-10(13)7-11(9)14;/h2-3,7-8H,4-6,15H2,1H3,(H,16,17);1H. The van der Waals surface area contributed by atoms with Gasteiger partial charge >= 0.3 is 0 Å². The Balaban J connectivity index is 0.00000289. The molecule has 1 aromatic carbocycles. The maximum atomic E-state index is 11.6. The Bertz CT molecular complexity index is 397. The summed E-state index contributed by atoms with van der Waals surface area (Å²) in [4.78, 5) is 11.6. The van der Waals surface area contributed by atoms with Crippen LogP contribution in [0.3, 0.4) is 0 Å². The number of halogens is 3. The minimum Gasteiger partial charge on any atom is -0.356 e. The molecule has 18 heavy (non-hydrogen) atoms. The highest BCUT2D eigenvalue weighted by Gasteiger charge is 2.07. The van der Waals surface area contributed by atoms with Crippen LogP contribution in [0, 0.1) is 0 Å². The van der Waals surface area contributed by atoms with E-state index in [1.54, 1.807) is 18.2 Å². The van der Waals surface area contributed by atoms with Gasteiger partial charge in [-0.1, -0.05) is 29.3 Å². The normalized spacial score (nSPS) is 11.6. The number of amides is 1. The number of carbonyl (C=O) groups excluding carboxylic acids is 1. The van der Waals surface area contributed by atoms with Crippen molar-refractivity contribution < 1.29 is 4.79 Å². The van der Waals surface area contributed by atoms with Gasteiger partial charge in [0.1, 0.15) is 0 Å². The molecule has 3 N–H and O–H groups in total. The topological polar surface area (TPSA) is 55.1 Å². The fourth-order valence-corrected chi connectivity index (χ4v) is 1.82. The van der Waals surface area contributed by atoms with E-state index in [0.29, 0.717) is 16.6 Å². The third kappa shape index (κ3) is 6.45. The van der Waals surface area contributed by atoms with E-state index in [1.165, 1.54) is 0 Å². The lowest BCUT2D eigenvalue weighted by Crippen LogP contribution is -2.30. The summed E-state index contributed by atoms with van der Waals surface area (Å²) in [6.07, 6.45) is 1.02. The number of benzene rings is 1. The molecular formula is C12H17Cl3N2O. The number of nitrogens with one attached hydrogen (secondary N) is 1. The van der Waals surface area contributed by atoms with Gasteiger partial charge in [-0.15, -0.1) is 12.4 Å². The SMILES string of the molecule is CC(N)CCNC(=O)Cc1ccc(Cl)cc1Cl.Cl. The third-order valence-electron chi connectivity index (χ3n) is 2.29. The fourth-order valence-electron chi connectivity index (χ4n) is 1.34. The average molecular weight is 312 g/mol. The zero-order valence-corrected chi connectivity index (χ0v) is 12.4. The van der Waals surface area contributed by atoms with Gasteiger partial charge in [0.25, 0.3) is 0 Å². The van der Waals surface area contributed by atoms with Crippen LogP contribution in [0.4, 0.5) is 0 Å². The Labute approximate surface area is 123 Å². The van der Waals surface area contributed by atoms with Crippen LogP contribution in [-0.4, -0.2) is 18.5 Å². The monoisotopic (exact) mass is 310 g/mol. The molecule has 1 atom stereocenters. The lowest BCUT2D eigenvalue weighted by Gasteiger charge is -2.08. The maximum absolute atomic E-state index is 11.6. The number of hydrogen-bond acceptors (Lipinski definition) is 2. The molecule has 0 saturated heterocycles. The van der Waals surface area contributed by atoms with Crippen molar-refractivity contribution in [3.8, 4) is 0 Å². The third-order valence-corrected chi connectivity index (χ3v) is 2.87. The molecule has 0 saturated carbocycles. The largest absolute Gasteiger partial charge is 0.356 e. The van der Waals surface area contributed by atoms with E-state index >= 15 is 0 Å². The van der Waals surface area contributed by atoms with Crippen molar-refractivity contribution in [2.45, 2.75) is 25.8 Å². The first kappa shape index (κ1) is 17.5. The quantitative estimate of drug-likeness (QED) is 0.878. The van der Waals surface area contributed by atoms with Crippen LogP contribution < -0.4 is 11.1 Å². The van der Waals surface area contributed by atoms with Gasteiger partial charge in [0.15, 0.2) is 0 Å². The second-order valence-corrected chi connectivity index (χ2v) is 4.87. The van der Waals surface area contributed by atoms with Crippen molar-refractivity contribution in [1.29, 1.82) is 0 Å². The maximum Gasteiger partial charge on any atom is 0.224 e. The Morgan fingerprint density at radius 3 is 2.67 bits per heavy atom. The van der Waals surface area contributed by atoms with Gasteiger partial charge in [0.2, 0.25) is 5.91 Å². The van der Waals surface area contributed by atoms with E-state index in [2.05, 4.69) is 5.32 Å². The molecule has 1 amide bonds. The van der Waals surface area contributed by atoms with Gasteiger partial charge < -0.3 is 11.1 Å². The van der Waals surface area contributed by atoms with Crippen molar-refractivity contribution >= 4 is 41.5 Å². The van der Waals surface area contributed by atoms with Gasteiger partial charge in [0, 0.05) is 22.6 Å². The molecule has 0 fully saturated rings. The smallest absolute Gasteiger partial charge is 0.224 e. The molecule has 102 valence electrons. The van der Waals surface area contributed by atoms with E-state index in [0.717, 1.165) is 12.0 Å². The van der Waals surface area contributed by atoms with Crippen LogP contribution in [0.1, 0.15) is 18.9 Å². The van der Waals surface area contributed by atoms with Crippen LogP contribution >= 0.6 is 35.6 Å². The lowest BCUT2D eigenvalue weighted by atomic mass is 10.1. The summed E-state index contributed by atoms with van der Waals surface area (Å²) in [7, 11) is 0. The molecule has 1 aromatic rings. The molecule has 0 heterocycles. The van der Waals surface area contributed by atoms with Crippen molar-refractivity contribution in [2.24, 2.45) is 5.73 Å². The summed E-state index contributed by atoms with van der Waals surface area (Å²) in [6.45, 7) is 2.49. The van der Waals surface area contributed by atoms with Crippen LogP contribution in [-0.2, 0) is 11.2 Å². The highest BCUT2D eigenvalue weighted by Crippen LogP contribution is 2.21. The summed E-state index contributed by atoms with van der Waals surface area (Å²) in [5.74, 6) is -0.0603. The summed E-state index contributed by atoms with van der Waals surface area (Å²) < 4.78 is 0. The second-order valence-electron chi connectivity index (χ2n) is 4.03. The van der Waals surface area contributed by atoms with Gasteiger partial charge in [0.05, 0.1) is 6.42 Å². The van der Waals surface area contributed by atoms with Crippen LogP contribution in [0.15, 0.2) is 18.2 Å². The first-order chi connectivity index (χ1) is 7.99. The van der Waals surface area contributed by atoms with Gasteiger partial charge in [-0.25, -0.2) is 0 Å². The van der Waals surface area contributed by atoms with Crippen molar-refractivity contribution in [3.63, 3.8) is 0 Å². The lowest BCUT2D eigenvalue weighted by molar-refractivity contribution is -0.120. The molecule has 0 aromatic heterocycles. The van der Waals surface area contributed by atoms with Crippen molar-refractivity contribution in [2.75, 3.05) is 6.54 Å². The Hall–Kier alpha value is -0.480. The van der Waals surface area contributed by atoms with Crippen LogP contribution in [0.5, 0.6) is 0 Å². The fraction of sp³-hybridized carbons (Fsp3) is 0.417. The van der Waals surface area contributed by atoms with E-state index in [-0.39, 0.29) is 30.8 Å². The highest BCUT2D eigenvalue weighted by molar-refractivity contribution is 6.35. The molecule has 0 radical (unpaired) electrons. The predicted molar refractivity (Wildman–Crippen MR) is 78.7 cm³/mol. The van der Waals surface area contributed by atoms with E-state index in [1.807, 2.05) is 6.92 Å². The first-order valence-corrected chi connectivity index (χ1v) is 6.21. The predicted octanol–water partition coefficient (Wildman–Crippen LogP) is 2.81. The number of nitrogens with two attached hydrogens (primary N) is 1. The number of carbonyl (C=O) groups is 1. The Kier molecular flexibility index (Phi) is 8.36. The minimum atomic E-state index is -0.0603. The van der Waals surface area contributed by atoms with Crippen molar-refractivity contribution in [3.05, 3.63) is 33.8 Å². The van der Waals surface area contributed by atoms with Crippen LogP contribution in [0.25, 0.3) is 0 Å². The average Bonchev–Trinajstić information content (AvgIpc) is 2.21. The Morgan fingerprint density at radius 1 is 1.44 bits per heavy atom. The molecule has 0 aliphatic heterocycles. The molecule has 1 rings (SSSR count). The molecule has 6 heteroatoms. The first-order valence-electron chi connectivity index (χ1n) is 5.45. The minimum absolute atomic E-state index is 0. The van der Waals surface area contributed by atoms with E-state index in [4.69, 9.17) is 28.9 Å². The molecule has 3 nitrogen and oxygen atoms in total. The molecule has 0 bridgehead atoms. The summed E-state index contributed by atoms with van der Waals surface area (Å²) in [5.41, 5.74) is 6.36. The van der Waals surface area contributed by atoms with E-state index < -0.39 is 0 Å². The van der Waals surface area contributed by atoms with Gasteiger partial charge in [-0.05, 0) is 31.0 Å². The van der Waals surface area contributed by atoms with E-state index in [9.17, 15) is 4.79 Å². The summed E-state index contributed by atoms with van der Waals surface area (Å²) in [6, 6.07) is 5.20. The van der Waals surface area contributed by atoms with Gasteiger partial charge in [-0.2, -0.15) is 0 Å². The zero-order valence-electron chi connectivity index (χ0n) is 10.1. The summed E-state index contributed by atoms with van der Waals surface area (Å²) in [5, 5.41) is 3.87. The summed E-state index contributed by atoms with van der Waals surface area (Å²) >= 11 is 11.7. The van der Waals surface area contributed by atoms with Crippen molar-refractivity contribution in [1.82, 2.24) is 5.32 Å². The van der Waals surface area contributed by atoms with Crippen LogP contribution in [0.2, 0.25) is 10.0 Å². The highest BCUT2D eigenvalue weighted by atomic mass is 35.5. The molecule has 0 aliphatic rings.